The molecule has 0 aliphatic carbocycles. The SMILES string of the molecule is COCC(CNc1nc(C(C)(C)C)ns1)OC. The van der Waals surface area contributed by atoms with Crippen molar-refractivity contribution in [1.29, 1.82) is 0 Å². The zero-order valence-corrected chi connectivity index (χ0v) is 11.9. The maximum absolute atomic E-state index is 5.26. The van der Waals surface area contributed by atoms with Crippen LogP contribution in [0.1, 0.15) is 26.6 Å². The number of rotatable bonds is 6. The Balaban J connectivity index is 2.49. The van der Waals surface area contributed by atoms with E-state index in [2.05, 4.69) is 35.4 Å². The summed E-state index contributed by atoms with van der Waals surface area (Å²) in [6.45, 7) is 7.53. The van der Waals surface area contributed by atoms with Gasteiger partial charge in [0.1, 0.15) is 5.82 Å². The highest BCUT2D eigenvalue weighted by Crippen LogP contribution is 2.22. The molecule has 0 aromatic carbocycles. The Bertz CT molecular complexity index is 336. The van der Waals surface area contributed by atoms with Gasteiger partial charge < -0.3 is 14.8 Å². The topological polar surface area (TPSA) is 56.3 Å². The van der Waals surface area contributed by atoms with Crippen LogP contribution >= 0.6 is 11.5 Å². The molecule has 1 heterocycles. The molecule has 1 aromatic rings. The molecule has 0 saturated heterocycles. The van der Waals surface area contributed by atoms with E-state index in [1.807, 2.05) is 0 Å². The second-order valence-corrected chi connectivity index (χ2v) is 5.62. The molecule has 0 spiro atoms. The average Bonchev–Trinajstić information content (AvgIpc) is 2.72. The first-order chi connectivity index (χ1) is 7.97. The predicted molar refractivity (Wildman–Crippen MR) is 69.8 cm³/mol. The van der Waals surface area contributed by atoms with Crippen molar-refractivity contribution in [2.24, 2.45) is 0 Å². The van der Waals surface area contributed by atoms with E-state index in [1.165, 1.54) is 11.5 Å². The van der Waals surface area contributed by atoms with E-state index >= 15 is 0 Å². The van der Waals surface area contributed by atoms with Gasteiger partial charge in [0.25, 0.3) is 0 Å². The van der Waals surface area contributed by atoms with Gasteiger partial charge in [-0.1, -0.05) is 20.8 Å². The molecular formula is C11H21N3O2S. The maximum Gasteiger partial charge on any atom is 0.202 e. The van der Waals surface area contributed by atoms with E-state index in [-0.39, 0.29) is 11.5 Å². The Morgan fingerprint density at radius 1 is 1.35 bits per heavy atom. The second-order valence-electron chi connectivity index (χ2n) is 4.87. The van der Waals surface area contributed by atoms with Crippen LogP contribution in [-0.4, -0.2) is 42.8 Å². The number of aromatic nitrogens is 2. The summed E-state index contributed by atoms with van der Waals surface area (Å²) in [6.07, 6.45) is 0.0296. The highest BCUT2D eigenvalue weighted by molar-refractivity contribution is 7.09. The van der Waals surface area contributed by atoms with Crippen LogP contribution in [0, 0.1) is 0 Å². The molecule has 0 aliphatic rings. The first-order valence-electron chi connectivity index (χ1n) is 5.57. The van der Waals surface area contributed by atoms with Crippen molar-refractivity contribution in [3.8, 4) is 0 Å². The van der Waals surface area contributed by atoms with Crippen molar-refractivity contribution < 1.29 is 9.47 Å². The molecule has 0 radical (unpaired) electrons. The van der Waals surface area contributed by atoms with Crippen LogP contribution in [0.25, 0.3) is 0 Å². The molecule has 17 heavy (non-hydrogen) atoms. The van der Waals surface area contributed by atoms with Gasteiger partial charge in [-0.05, 0) is 0 Å². The van der Waals surface area contributed by atoms with Gasteiger partial charge in [0.05, 0.1) is 12.7 Å². The zero-order chi connectivity index (χ0) is 12.9. The summed E-state index contributed by atoms with van der Waals surface area (Å²) >= 11 is 1.38. The third kappa shape index (κ3) is 4.57. The van der Waals surface area contributed by atoms with Gasteiger partial charge in [-0.15, -0.1) is 0 Å². The molecule has 1 N–H and O–H groups in total. The third-order valence-electron chi connectivity index (χ3n) is 2.26. The van der Waals surface area contributed by atoms with Crippen molar-refractivity contribution in [1.82, 2.24) is 9.36 Å². The Labute approximate surface area is 107 Å². The molecule has 1 unspecified atom stereocenters. The number of anilines is 1. The van der Waals surface area contributed by atoms with Crippen molar-refractivity contribution >= 4 is 16.7 Å². The minimum Gasteiger partial charge on any atom is -0.382 e. The molecule has 98 valence electrons. The summed E-state index contributed by atoms with van der Waals surface area (Å²) in [5.74, 6) is 0.866. The molecule has 5 nitrogen and oxygen atoms in total. The largest absolute Gasteiger partial charge is 0.382 e. The minimum atomic E-state index is -0.0103. The van der Waals surface area contributed by atoms with E-state index in [4.69, 9.17) is 9.47 Å². The van der Waals surface area contributed by atoms with E-state index < -0.39 is 0 Å². The monoisotopic (exact) mass is 259 g/mol. The third-order valence-corrected chi connectivity index (χ3v) is 2.94. The van der Waals surface area contributed by atoms with Crippen LogP contribution in [-0.2, 0) is 14.9 Å². The minimum absolute atomic E-state index is 0.0103. The van der Waals surface area contributed by atoms with Gasteiger partial charge >= 0.3 is 0 Å². The van der Waals surface area contributed by atoms with Crippen LogP contribution < -0.4 is 5.32 Å². The van der Waals surface area contributed by atoms with Gasteiger partial charge in [-0.25, -0.2) is 4.98 Å². The van der Waals surface area contributed by atoms with Gasteiger partial charge in [0, 0.05) is 37.7 Å². The van der Waals surface area contributed by atoms with Crippen molar-refractivity contribution in [2.75, 3.05) is 32.7 Å². The summed E-state index contributed by atoms with van der Waals surface area (Å²) in [5.41, 5.74) is -0.0103. The highest BCUT2D eigenvalue weighted by Gasteiger charge is 2.19. The molecule has 0 amide bonds. The summed E-state index contributed by atoms with van der Waals surface area (Å²) in [4.78, 5) is 4.45. The van der Waals surface area contributed by atoms with Crippen LogP contribution in [0.5, 0.6) is 0 Å². The zero-order valence-electron chi connectivity index (χ0n) is 11.1. The lowest BCUT2D eigenvalue weighted by Gasteiger charge is -2.14. The molecular weight excluding hydrogens is 238 g/mol. The molecule has 0 fully saturated rings. The Kier molecular flexibility index (Phi) is 5.30. The smallest absolute Gasteiger partial charge is 0.202 e. The number of nitrogens with one attached hydrogen (secondary N) is 1. The fraction of sp³-hybridized carbons (Fsp3) is 0.818. The van der Waals surface area contributed by atoms with Gasteiger partial charge in [0.15, 0.2) is 0 Å². The van der Waals surface area contributed by atoms with E-state index in [1.54, 1.807) is 14.2 Å². The average molecular weight is 259 g/mol. The second kappa shape index (κ2) is 6.28. The molecule has 0 saturated carbocycles. The van der Waals surface area contributed by atoms with Gasteiger partial charge in [-0.3, -0.25) is 0 Å². The van der Waals surface area contributed by atoms with Crippen LogP contribution in [0.15, 0.2) is 0 Å². The standard InChI is InChI=1S/C11H21N3O2S/c1-11(2,3)9-13-10(17-14-9)12-6-8(16-5)7-15-4/h8H,6-7H2,1-5H3,(H,12,13,14). The Morgan fingerprint density at radius 3 is 2.53 bits per heavy atom. The lowest BCUT2D eigenvalue weighted by molar-refractivity contribution is 0.0365. The number of hydrogen-bond acceptors (Lipinski definition) is 6. The predicted octanol–water partition coefficient (Wildman–Crippen LogP) is 1.91. The fourth-order valence-corrected chi connectivity index (χ4v) is 1.96. The number of methoxy groups -OCH3 is 2. The van der Waals surface area contributed by atoms with E-state index in [0.717, 1.165) is 11.0 Å². The van der Waals surface area contributed by atoms with Crippen LogP contribution in [0.2, 0.25) is 0 Å². The quantitative estimate of drug-likeness (QED) is 0.845. The van der Waals surface area contributed by atoms with Crippen molar-refractivity contribution in [3.63, 3.8) is 0 Å². The highest BCUT2D eigenvalue weighted by atomic mass is 32.1. The first kappa shape index (κ1) is 14.3. The molecule has 6 heteroatoms. The summed E-state index contributed by atoms with van der Waals surface area (Å²) in [6, 6.07) is 0. The number of nitrogens with zero attached hydrogens (tertiary/aromatic N) is 2. The summed E-state index contributed by atoms with van der Waals surface area (Å²) in [7, 11) is 3.33. The van der Waals surface area contributed by atoms with E-state index in [0.29, 0.717) is 13.2 Å². The lowest BCUT2D eigenvalue weighted by Crippen LogP contribution is -2.26. The van der Waals surface area contributed by atoms with Gasteiger partial charge in [-0.2, -0.15) is 4.37 Å². The number of ether oxygens (including phenoxy) is 2. The van der Waals surface area contributed by atoms with Crippen molar-refractivity contribution in [3.05, 3.63) is 5.82 Å². The Hall–Kier alpha value is -0.720. The lowest BCUT2D eigenvalue weighted by atomic mass is 9.96. The molecule has 0 bridgehead atoms. The summed E-state index contributed by atoms with van der Waals surface area (Å²) in [5, 5.41) is 4.04. The van der Waals surface area contributed by atoms with Crippen LogP contribution in [0.3, 0.4) is 0 Å². The van der Waals surface area contributed by atoms with Crippen molar-refractivity contribution in [2.45, 2.75) is 32.3 Å². The molecule has 0 aliphatic heterocycles. The normalized spacial score (nSPS) is 13.7. The summed E-state index contributed by atoms with van der Waals surface area (Å²) < 4.78 is 14.6. The maximum atomic E-state index is 5.26. The van der Waals surface area contributed by atoms with Crippen LogP contribution in [0.4, 0.5) is 5.13 Å². The fourth-order valence-electron chi connectivity index (χ4n) is 1.20. The molecule has 1 aromatic heterocycles. The molecule has 1 rings (SSSR count). The Morgan fingerprint density at radius 2 is 2.06 bits per heavy atom. The molecule has 1 atom stereocenters. The van der Waals surface area contributed by atoms with Gasteiger partial charge in [0.2, 0.25) is 5.13 Å². The number of hydrogen-bond donors (Lipinski definition) is 1. The van der Waals surface area contributed by atoms with E-state index in [9.17, 15) is 0 Å². The first-order valence-corrected chi connectivity index (χ1v) is 6.34.